The smallest absolute Gasteiger partial charge is 0.207 e. The number of benzene rings is 2. The van der Waals surface area contributed by atoms with Gasteiger partial charge < -0.3 is 14.0 Å². The summed E-state index contributed by atoms with van der Waals surface area (Å²) in [6, 6.07) is 14.2. The first-order chi connectivity index (χ1) is 14.7. The summed E-state index contributed by atoms with van der Waals surface area (Å²) in [6.07, 6.45) is 2.77. The van der Waals surface area contributed by atoms with Crippen LogP contribution >= 0.6 is 34.8 Å². The molecule has 0 spiro atoms. The summed E-state index contributed by atoms with van der Waals surface area (Å²) in [5.74, 6) is 0.593. The average Bonchev–Trinajstić information content (AvgIpc) is 3.19. The molecule has 0 N–H and O–H groups in total. The van der Waals surface area contributed by atoms with Gasteiger partial charge in [0.15, 0.2) is 11.5 Å². The number of carbonyl (C=O) groups is 1. The van der Waals surface area contributed by atoms with E-state index in [1.54, 1.807) is 30.3 Å². The van der Waals surface area contributed by atoms with E-state index in [1.165, 1.54) is 14.2 Å². The van der Waals surface area contributed by atoms with Gasteiger partial charge in [-0.1, -0.05) is 54.7 Å². The van der Waals surface area contributed by atoms with E-state index in [0.717, 1.165) is 12.1 Å². The van der Waals surface area contributed by atoms with Gasteiger partial charge in [-0.15, -0.1) is 0 Å². The fourth-order valence-electron chi connectivity index (χ4n) is 3.56. The highest BCUT2D eigenvalue weighted by atomic mass is 35.5. The van der Waals surface area contributed by atoms with Crippen molar-refractivity contribution in [2.45, 2.75) is 24.6 Å². The van der Waals surface area contributed by atoms with E-state index in [0.29, 0.717) is 27.9 Å². The molecule has 0 aliphatic heterocycles. The molecule has 1 heterocycles. The quantitative estimate of drug-likeness (QED) is 0.261. The third kappa shape index (κ3) is 4.72. The fraction of sp³-hybridized carbons (Fsp3) is 0.292. The van der Waals surface area contributed by atoms with Gasteiger partial charge >= 0.3 is 0 Å². The molecule has 1 aromatic heterocycles. The Morgan fingerprint density at radius 1 is 1.06 bits per heavy atom. The minimum absolute atomic E-state index is 0.215. The van der Waals surface area contributed by atoms with Gasteiger partial charge in [-0.25, -0.2) is 0 Å². The van der Waals surface area contributed by atoms with E-state index < -0.39 is 10.1 Å². The molecule has 7 heteroatoms. The van der Waals surface area contributed by atoms with Gasteiger partial charge in [0.1, 0.15) is 0 Å². The highest BCUT2D eigenvalue weighted by Crippen LogP contribution is 2.44. The van der Waals surface area contributed by atoms with E-state index in [2.05, 4.69) is 13.8 Å². The first-order valence-electron chi connectivity index (χ1n) is 9.81. The number of alkyl halides is 2. The standard InChI is InChI=1S/C24H24Cl3NO3/c1-15(2)13-17-7-6-12-28(17)20-11-10-16(25)14-19(20)24(26,27)23(29)18-8-5-9-21(30-3)22(18)31-4/h5-12,14-15H,13H2,1-4H3. The first-order valence-corrected chi connectivity index (χ1v) is 10.9. The molecule has 0 aliphatic rings. The van der Waals surface area contributed by atoms with Gasteiger partial charge in [-0.3, -0.25) is 4.79 Å². The number of rotatable bonds is 8. The van der Waals surface area contributed by atoms with Gasteiger partial charge in [-0.05, 0) is 54.8 Å². The second kappa shape index (κ2) is 9.56. The largest absolute Gasteiger partial charge is 0.493 e. The molecule has 0 radical (unpaired) electrons. The predicted octanol–water partition coefficient (Wildman–Crippen LogP) is 6.86. The predicted molar refractivity (Wildman–Crippen MR) is 127 cm³/mol. The lowest BCUT2D eigenvalue weighted by Gasteiger charge is -2.25. The number of hydrogen-bond donors (Lipinski definition) is 0. The van der Waals surface area contributed by atoms with Gasteiger partial charge in [0.2, 0.25) is 10.1 Å². The number of ether oxygens (including phenoxy) is 2. The number of hydrogen-bond acceptors (Lipinski definition) is 3. The molecule has 0 saturated heterocycles. The van der Waals surface area contributed by atoms with Crippen LogP contribution in [0.4, 0.5) is 0 Å². The maximum atomic E-state index is 13.6. The molecule has 0 bridgehead atoms. The second-order valence-electron chi connectivity index (χ2n) is 7.57. The average molecular weight is 481 g/mol. The van der Waals surface area contributed by atoms with Crippen LogP contribution in [0.3, 0.4) is 0 Å². The fourth-order valence-corrected chi connectivity index (χ4v) is 4.24. The van der Waals surface area contributed by atoms with Crippen molar-refractivity contribution in [3.63, 3.8) is 0 Å². The zero-order chi connectivity index (χ0) is 22.8. The van der Waals surface area contributed by atoms with Crippen LogP contribution < -0.4 is 9.47 Å². The Kier molecular flexibility index (Phi) is 7.25. The molecule has 31 heavy (non-hydrogen) atoms. The van der Waals surface area contributed by atoms with Crippen LogP contribution in [0, 0.1) is 5.92 Å². The maximum absolute atomic E-state index is 13.6. The van der Waals surface area contributed by atoms with E-state index >= 15 is 0 Å². The summed E-state index contributed by atoms with van der Waals surface area (Å²) in [6.45, 7) is 4.29. The molecule has 0 fully saturated rings. The van der Waals surface area contributed by atoms with Crippen molar-refractivity contribution in [1.29, 1.82) is 0 Å². The Hall–Kier alpha value is -2.14. The summed E-state index contributed by atoms with van der Waals surface area (Å²) in [7, 11) is 2.96. The Morgan fingerprint density at radius 2 is 1.81 bits per heavy atom. The Balaban J connectivity index is 2.16. The van der Waals surface area contributed by atoms with Crippen LogP contribution in [0.2, 0.25) is 5.02 Å². The van der Waals surface area contributed by atoms with E-state index in [-0.39, 0.29) is 11.3 Å². The third-order valence-electron chi connectivity index (χ3n) is 4.94. The lowest BCUT2D eigenvalue weighted by atomic mass is 9.98. The summed E-state index contributed by atoms with van der Waals surface area (Å²) in [5, 5.41) is 0.424. The van der Waals surface area contributed by atoms with Gasteiger partial charge in [0.05, 0.1) is 25.5 Å². The van der Waals surface area contributed by atoms with Crippen molar-refractivity contribution in [1.82, 2.24) is 4.57 Å². The third-order valence-corrected chi connectivity index (χ3v) is 5.93. The number of ketones is 1. The van der Waals surface area contributed by atoms with E-state index in [1.807, 2.05) is 29.0 Å². The summed E-state index contributed by atoms with van der Waals surface area (Å²) in [5.41, 5.74) is 2.37. The van der Waals surface area contributed by atoms with Crippen LogP contribution in [0.1, 0.15) is 35.5 Å². The number of Topliss-reactive ketones (excluding diaryl/α,β-unsaturated/α-hetero) is 1. The zero-order valence-electron chi connectivity index (χ0n) is 17.8. The number of halogens is 3. The van der Waals surface area contributed by atoms with Crippen molar-refractivity contribution in [3.8, 4) is 17.2 Å². The summed E-state index contributed by atoms with van der Waals surface area (Å²) >= 11 is 19.8. The molecule has 0 unspecified atom stereocenters. The van der Waals surface area contributed by atoms with Crippen molar-refractivity contribution in [3.05, 3.63) is 76.6 Å². The van der Waals surface area contributed by atoms with Crippen LogP contribution in [-0.4, -0.2) is 24.6 Å². The minimum atomic E-state index is -1.92. The van der Waals surface area contributed by atoms with Crippen molar-refractivity contribution in [2.24, 2.45) is 5.92 Å². The SMILES string of the molecule is COc1cccc(C(=O)C(Cl)(Cl)c2cc(Cl)ccc2-n2cccc2CC(C)C)c1OC. The molecular weight excluding hydrogens is 457 g/mol. The summed E-state index contributed by atoms with van der Waals surface area (Å²) < 4.78 is 10.8. The van der Waals surface area contributed by atoms with Gasteiger partial charge in [-0.2, -0.15) is 0 Å². The lowest BCUT2D eigenvalue weighted by molar-refractivity contribution is 0.0968. The first kappa shape index (κ1) is 23.5. The maximum Gasteiger partial charge on any atom is 0.207 e. The summed E-state index contributed by atoms with van der Waals surface area (Å²) in [4.78, 5) is 13.6. The highest BCUT2D eigenvalue weighted by molar-refractivity contribution is 6.59. The molecule has 164 valence electrons. The van der Waals surface area contributed by atoms with Crippen LogP contribution in [-0.2, 0) is 10.8 Å². The van der Waals surface area contributed by atoms with E-state index in [9.17, 15) is 4.79 Å². The molecule has 4 nitrogen and oxygen atoms in total. The Bertz CT molecular complexity index is 1090. The number of methoxy groups -OCH3 is 2. The molecule has 3 rings (SSSR count). The minimum Gasteiger partial charge on any atom is -0.493 e. The monoisotopic (exact) mass is 479 g/mol. The second-order valence-corrected chi connectivity index (χ2v) is 9.34. The normalized spacial score (nSPS) is 11.6. The van der Waals surface area contributed by atoms with Gasteiger partial charge in [0.25, 0.3) is 0 Å². The van der Waals surface area contributed by atoms with E-state index in [4.69, 9.17) is 44.3 Å². The van der Waals surface area contributed by atoms with Crippen molar-refractivity contribution < 1.29 is 14.3 Å². The molecule has 2 aromatic carbocycles. The molecule has 0 saturated carbocycles. The van der Waals surface area contributed by atoms with Gasteiger partial charge in [0, 0.05) is 22.5 Å². The lowest BCUT2D eigenvalue weighted by Crippen LogP contribution is -2.26. The highest BCUT2D eigenvalue weighted by Gasteiger charge is 2.41. The molecule has 3 aromatic rings. The Morgan fingerprint density at radius 3 is 2.45 bits per heavy atom. The number of para-hydroxylation sites is 1. The number of aromatic nitrogens is 1. The van der Waals surface area contributed by atoms with Crippen LogP contribution in [0.25, 0.3) is 5.69 Å². The Labute approximate surface area is 197 Å². The zero-order valence-corrected chi connectivity index (χ0v) is 20.1. The molecule has 0 aliphatic carbocycles. The molecule has 0 atom stereocenters. The molecule has 0 amide bonds. The van der Waals surface area contributed by atoms with Crippen molar-refractivity contribution in [2.75, 3.05) is 14.2 Å². The molecular formula is C24H24Cl3NO3. The number of nitrogens with zero attached hydrogens (tertiary/aromatic N) is 1. The van der Waals surface area contributed by atoms with Crippen molar-refractivity contribution >= 4 is 40.6 Å². The van der Waals surface area contributed by atoms with Crippen LogP contribution in [0.5, 0.6) is 11.5 Å². The topological polar surface area (TPSA) is 40.5 Å². The number of carbonyl (C=O) groups excluding carboxylic acids is 1. The van der Waals surface area contributed by atoms with Crippen LogP contribution in [0.15, 0.2) is 54.7 Å².